The molecule has 0 aliphatic carbocycles. The molecule has 0 spiro atoms. The van der Waals surface area contributed by atoms with Crippen LogP contribution < -0.4 is 10.9 Å². The second-order valence-corrected chi connectivity index (χ2v) is 5.67. The minimum Gasteiger partial charge on any atom is -0.260 e. The average molecular weight is 367 g/mol. The van der Waals surface area contributed by atoms with Crippen LogP contribution in [0.3, 0.4) is 0 Å². The van der Waals surface area contributed by atoms with E-state index in [1.54, 1.807) is 24.3 Å². The molecule has 0 aromatic carbocycles. The van der Waals surface area contributed by atoms with Gasteiger partial charge in [-0.25, -0.2) is 0 Å². The molecular formula is C14H16Cl2N8. The summed E-state index contributed by atoms with van der Waals surface area (Å²) >= 11 is 11.3. The van der Waals surface area contributed by atoms with Gasteiger partial charge in [-0.2, -0.15) is 10.2 Å². The molecule has 0 radical (unpaired) electrons. The summed E-state index contributed by atoms with van der Waals surface area (Å²) in [6.45, 7) is 3.84. The Morgan fingerprint density at radius 1 is 0.792 bits per heavy atom. The Kier molecular flexibility index (Phi) is 6.83. The number of nitrogens with zero attached hydrogens (tertiary/aromatic N) is 6. The van der Waals surface area contributed by atoms with Crippen LogP contribution in [0.15, 0.2) is 34.5 Å². The molecule has 0 fully saturated rings. The number of halogens is 2. The van der Waals surface area contributed by atoms with E-state index in [4.69, 9.17) is 23.2 Å². The van der Waals surface area contributed by atoms with Crippen LogP contribution in [0.2, 0.25) is 10.3 Å². The van der Waals surface area contributed by atoms with Gasteiger partial charge in [-0.1, -0.05) is 23.2 Å². The maximum atomic E-state index is 5.67. The van der Waals surface area contributed by atoms with Crippen LogP contribution in [-0.2, 0) is 0 Å². The highest BCUT2D eigenvalue weighted by Gasteiger charge is 1.99. The van der Waals surface area contributed by atoms with Crippen molar-refractivity contribution >= 4 is 46.3 Å². The van der Waals surface area contributed by atoms with Gasteiger partial charge in [0.15, 0.2) is 21.9 Å². The molecule has 126 valence electrons. The zero-order chi connectivity index (χ0) is 17.4. The number of anilines is 2. The molecule has 2 aromatic rings. The maximum absolute atomic E-state index is 5.67. The number of rotatable bonds is 7. The first-order valence-corrected chi connectivity index (χ1v) is 7.85. The van der Waals surface area contributed by atoms with E-state index < -0.39 is 0 Å². The van der Waals surface area contributed by atoms with Crippen molar-refractivity contribution in [1.29, 1.82) is 0 Å². The molecule has 0 aliphatic heterocycles. The van der Waals surface area contributed by atoms with Crippen LogP contribution in [0.4, 0.5) is 11.6 Å². The number of nitrogens with one attached hydrogen (secondary N) is 2. The summed E-state index contributed by atoms with van der Waals surface area (Å²) in [5.41, 5.74) is 7.48. The van der Waals surface area contributed by atoms with Gasteiger partial charge in [0, 0.05) is 11.4 Å². The second kappa shape index (κ2) is 9.09. The Morgan fingerprint density at radius 3 is 1.54 bits per heavy atom. The van der Waals surface area contributed by atoms with Crippen LogP contribution in [0.25, 0.3) is 0 Å². The molecule has 0 atom stereocenters. The topological polar surface area (TPSA) is 100 Å². The molecule has 10 heteroatoms. The lowest BCUT2D eigenvalue weighted by Crippen LogP contribution is -2.04. The van der Waals surface area contributed by atoms with E-state index in [-0.39, 0.29) is 0 Å². The van der Waals surface area contributed by atoms with Crippen molar-refractivity contribution in [3.05, 3.63) is 34.6 Å². The van der Waals surface area contributed by atoms with Gasteiger partial charge in [0.05, 0.1) is 0 Å². The Balaban J connectivity index is 1.78. The number of hydrazone groups is 2. The number of aromatic nitrogens is 4. The van der Waals surface area contributed by atoms with E-state index in [0.717, 1.165) is 24.3 Å². The minimum absolute atomic E-state index is 0.339. The molecule has 0 bridgehead atoms. The standard InChI is InChI=1S/C14H16Cl2N8/c1-9(17-21-13-7-5-11(15)19-23-13)3-4-10(2)18-22-14-8-6-12(16)20-24-14/h5-8H,3-4H2,1-2H3,(H,21,23)(H,22,24)/b17-9+,18-10+. The normalized spacial score (nSPS) is 12.2. The van der Waals surface area contributed by atoms with Gasteiger partial charge in [0.1, 0.15) is 0 Å². The fraction of sp³-hybridized carbons (Fsp3) is 0.286. The smallest absolute Gasteiger partial charge is 0.168 e. The molecule has 24 heavy (non-hydrogen) atoms. The summed E-state index contributed by atoms with van der Waals surface area (Å²) < 4.78 is 0. The Hall–Kier alpha value is -2.32. The van der Waals surface area contributed by atoms with Crippen molar-refractivity contribution in [2.75, 3.05) is 10.9 Å². The molecule has 2 rings (SSSR count). The third kappa shape index (κ3) is 6.43. The van der Waals surface area contributed by atoms with E-state index in [2.05, 4.69) is 41.4 Å². The van der Waals surface area contributed by atoms with Gasteiger partial charge in [-0.05, 0) is 51.0 Å². The van der Waals surface area contributed by atoms with Crippen molar-refractivity contribution < 1.29 is 0 Å². The van der Waals surface area contributed by atoms with Crippen molar-refractivity contribution in [1.82, 2.24) is 20.4 Å². The van der Waals surface area contributed by atoms with E-state index >= 15 is 0 Å². The first-order valence-electron chi connectivity index (χ1n) is 7.10. The molecule has 0 saturated heterocycles. The predicted octanol–water partition coefficient (Wildman–Crippen LogP) is 3.63. The summed E-state index contributed by atoms with van der Waals surface area (Å²) in [7, 11) is 0. The van der Waals surface area contributed by atoms with Crippen LogP contribution in [0, 0.1) is 0 Å². The monoisotopic (exact) mass is 366 g/mol. The zero-order valence-electron chi connectivity index (χ0n) is 13.2. The molecule has 0 unspecified atom stereocenters. The zero-order valence-corrected chi connectivity index (χ0v) is 14.7. The van der Waals surface area contributed by atoms with Crippen LogP contribution in [0.5, 0.6) is 0 Å². The van der Waals surface area contributed by atoms with Crippen LogP contribution in [-0.4, -0.2) is 31.8 Å². The fourth-order valence-electron chi connectivity index (χ4n) is 1.53. The van der Waals surface area contributed by atoms with E-state index in [1.165, 1.54) is 0 Å². The highest BCUT2D eigenvalue weighted by molar-refractivity contribution is 6.29. The summed E-state index contributed by atoms with van der Waals surface area (Å²) in [6.07, 6.45) is 1.49. The SMILES string of the molecule is C/C(CC/C(C)=N/Nc1ccc(Cl)nn1)=N\Nc1ccc(Cl)nn1. The molecule has 0 amide bonds. The average Bonchev–Trinajstić information content (AvgIpc) is 2.59. The lowest BCUT2D eigenvalue weighted by Gasteiger charge is -2.04. The summed E-state index contributed by atoms with van der Waals surface area (Å²) in [5, 5.41) is 24.3. The molecular weight excluding hydrogens is 351 g/mol. The molecule has 2 N–H and O–H groups in total. The maximum Gasteiger partial charge on any atom is 0.168 e. The van der Waals surface area contributed by atoms with Crippen molar-refractivity contribution in [3.8, 4) is 0 Å². The van der Waals surface area contributed by atoms with Gasteiger partial charge < -0.3 is 0 Å². The summed E-state index contributed by atoms with van der Waals surface area (Å²) in [6, 6.07) is 6.69. The lowest BCUT2D eigenvalue weighted by atomic mass is 10.2. The first kappa shape index (κ1) is 18.0. The second-order valence-electron chi connectivity index (χ2n) is 4.90. The predicted molar refractivity (Wildman–Crippen MR) is 96.8 cm³/mol. The highest BCUT2D eigenvalue weighted by atomic mass is 35.5. The molecule has 0 aliphatic rings. The van der Waals surface area contributed by atoms with Crippen molar-refractivity contribution in [2.24, 2.45) is 10.2 Å². The molecule has 8 nitrogen and oxygen atoms in total. The highest BCUT2D eigenvalue weighted by Crippen LogP contribution is 2.07. The quantitative estimate of drug-likeness (QED) is 0.573. The van der Waals surface area contributed by atoms with E-state index in [9.17, 15) is 0 Å². The summed E-state index contributed by atoms with van der Waals surface area (Å²) in [4.78, 5) is 0. The minimum atomic E-state index is 0.339. The van der Waals surface area contributed by atoms with Gasteiger partial charge in [-0.15, -0.1) is 20.4 Å². The van der Waals surface area contributed by atoms with Crippen molar-refractivity contribution in [3.63, 3.8) is 0 Å². The van der Waals surface area contributed by atoms with Gasteiger partial charge in [0.25, 0.3) is 0 Å². The van der Waals surface area contributed by atoms with Gasteiger partial charge in [0.2, 0.25) is 0 Å². The number of hydrogen-bond acceptors (Lipinski definition) is 8. The Bertz CT molecular complexity index is 649. The van der Waals surface area contributed by atoms with Crippen molar-refractivity contribution in [2.45, 2.75) is 26.7 Å². The third-order valence-electron chi connectivity index (χ3n) is 2.84. The van der Waals surface area contributed by atoms with E-state index in [0.29, 0.717) is 21.9 Å². The van der Waals surface area contributed by atoms with Crippen LogP contribution >= 0.6 is 23.2 Å². The number of hydrogen-bond donors (Lipinski definition) is 2. The largest absolute Gasteiger partial charge is 0.260 e. The van der Waals surface area contributed by atoms with Crippen LogP contribution in [0.1, 0.15) is 26.7 Å². The first-order chi connectivity index (χ1) is 11.5. The molecule has 0 saturated carbocycles. The Labute approximate surface area is 149 Å². The van der Waals surface area contributed by atoms with Gasteiger partial charge >= 0.3 is 0 Å². The van der Waals surface area contributed by atoms with E-state index in [1.807, 2.05) is 13.8 Å². The molecule has 2 heterocycles. The van der Waals surface area contributed by atoms with Gasteiger partial charge in [-0.3, -0.25) is 10.9 Å². The lowest BCUT2D eigenvalue weighted by molar-refractivity contribution is 1.01. The fourth-order valence-corrected chi connectivity index (χ4v) is 1.73. The molecule has 2 aromatic heterocycles. The Morgan fingerprint density at radius 2 is 1.21 bits per heavy atom. The third-order valence-corrected chi connectivity index (χ3v) is 3.24. The summed E-state index contributed by atoms with van der Waals surface area (Å²) in [5.74, 6) is 1.07.